The van der Waals surface area contributed by atoms with Gasteiger partial charge in [0.25, 0.3) is 15.9 Å². The number of aryl methyl sites for hydroxylation is 1. The fourth-order valence-electron chi connectivity index (χ4n) is 3.27. The van der Waals surface area contributed by atoms with Gasteiger partial charge in [-0.25, -0.2) is 8.42 Å². The lowest BCUT2D eigenvalue weighted by Crippen LogP contribution is -2.33. The largest absolute Gasteiger partial charge is 0.466 e. The molecule has 0 atom stereocenters. The number of esters is 1. The van der Waals surface area contributed by atoms with Crippen LogP contribution in [0, 0.1) is 6.92 Å². The van der Waals surface area contributed by atoms with Gasteiger partial charge < -0.3 is 9.64 Å². The molecule has 0 spiro atoms. The summed E-state index contributed by atoms with van der Waals surface area (Å²) < 4.78 is 33.1. The van der Waals surface area contributed by atoms with E-state index >= 15 is 0 Å². The number of nitrogens with zero attached hydrogens (tertiary/aromatic N) is 2. The summed E-state index contributed by atoms with van der Waals surface area (Å²) >= 11 is 0. The molecule has 2 aromatic carbocycles. The number of carbonyl (C=O) groups excluding carboxylic acids is 2. The predicted octanol–water partition coefficient (Wildman–Crippen LogP) is 3.79. The van der Waals surface area contributed by atoms with E-state index in [9.17, 15) is 18.0 Å². The summed E-state index contributed by atoms with van der Waals surface area (Å²) in [4.78, 5) is 30.7. The van der Waals surface area contributed by atoms with Crippen molar-refractivity contribution in [1.82, 2.24) is 9.88 Å². The van der Waals surface area contributed by atoms with Crippen LogP contribution in [-0.2, 0) is 26.1 Å². The number of sulfonamides is 1. The number of aromatic nitrogens is 1. The quantitative estimate of drug-likeness (QED) is 0.442. The van der Waals surface area contributed by atoms with Gasteiger partial charge in [0, 0.05) is 31.0 Å². The SMILES string of the molecule is CCOC(=O)CCN(Cc1cccnc1)C(=O)c1ccc(S(=O)(=O)Nc2ccccc2C)cc1. The molecule has 1 heterocycles. The lowest BCUT2D eigenvalue weighted by Gasteiger charge is -2.22. The molecule has 1 amide bonds. The van der Waals surface area contributed by atoms with E-state index < -0.39 is 16.0 Å². The Hall–Kier alpha value is -3.72. The fourth-order valence-corrected chi connectivity index (χ4v) is 4.40. The molecule has 0 aliphatic heterocycles. The molecule has 0 saturated heterocycles. The number of para-hydroxylation sites is 1. The van der Waals surface area contributed by atoms with E-state index in [4.69, 9.17) is 4.74 Å². The molecule has 0 unspecified atom stereocenters. The second kappa shape index (κ2) is 11.4. The Bertz CT molecular complexity index is 1230. The van der Waals surface area contributed by atoms with Crippen molar-refractivity contribution in [3.05, 3.63) is 89.7 Å². The van der Waals surface area contributed by atoms with Gasteiger partial charge in [-0.3, -0.25) is 19.3 Å². The Balaban J connectivity index is 1.78. The van der Waals surface area contributed by atoms with Crippen LogP contribution in [-0.4, -0.2) is 43.3 Å². The third-order valence-corrected chi connectivity index (χ3v) is 6.46. The smallest absolute Gasteiger partial charge is 0.307 e. The van der Waals surface area contributed by atoms with Crippen LogP contribution in [0.4, 0.5) is 5.69 Å². The van der Waals surface area contributed by atoms with Crippen molar-refractivity contribution in [2.75, 3.05) is 17.9 Å². The summed E-state index contributed by atoms with van der Waals surface area (Å²) in [6.45, 7) is 4.21. The Kier molecular flexibility index (Phi) is 8.37. The summed E-state index contributed by atoms with van der Waals surface area (Å²) in [5, 5.41) is 0. The minimum Gasteiger partial charge on any atom is -0.466 e. The number of amides is 1. The summed E-state index contributed by atoms with van der Waals surface area (Å²) in [6, 6.07) is 16.4. The first-order valence-corrected chi connectivity index (χ1v) is 12.3. The molecule has 0 fully saturated rings. The lowest BCUT2D eigenvalue weighted by atomic mass is 10.1. The number of ether oxygens (including phenoxy) is 1. The maximum Gasteiger partial charge on any atom is 0.307 e. The normalized spacial score (nSPS) is 11.0. The molecule has 178 valence electrons. The highest BCUT2D eigenvalue weighted by molar-refractivity contribution is 7.92. The number of hydrogen-bond donors (Lipinski definition) is 1. The van der Waals surface area contributed by atoms with Gasteiger partial charge in [-0.15, -0.1) is 0 Å². The monoisotopic (exact) mass is 481 g/mol. The van der Waals surface area contributed by atoms with E-state index in [1.165, 1.54) is 29.2 Å². The van der Waals surface area contributed by atoms with Gasteiger partial charge in [0.05, 0.1) is 23.6 Å². The molecule has 9 heteroatoms. The van der Waals surface area contributed by atoms with Crippen molar-refractivity contribution in [2.24, 2.45) is 0 Å². The number of nitrogens with one attached hydrogen (secondary N) is 1. The molecular weight excluding hydrogens is 454 g/mol. The van der Waals surface area contributed by atoms with Crippen molar-refractivity contribution in [1.29, 1.82) is 0 Å². The summed E-state index contributed by atoms with van der Waals surface area (Å²) in [5.74, 6) is -0.723. The van der Waals surface area contributed by atoms with Crippen molar-refractivity contribution in [3.8, 4) is 0 Å². The molecule has 3 aromatic rings. The van der Waals surface area contributed by atoms with Gasteiger partial charge >= 0.3 is 5.97 Å². The maximum atomic E-state index is 13.2. The molecule has 3 rings (SSSR count). The molecule has 0 bridgehead atoms. The molecule has 34 heavy (non-hydrogen) atoms. The van der Waals surface area contributed by atoms with Gasteiger partial charge in [0.15, 0.2) is 0 Å². The van der Waals surface area contributed by atoms with Crippen LogP contribution < -0.4 is 4.72 Å². The summed E-state index contributed by atoms with van der Waals surface area (Å²) in [7, 11) is -3.82. The van der Waals surface area contributed by atoms with Gasteiger partial charge in [-0.2, -0.15) is 0 Å². The maximum absolute atomic E-state index is 13.2. The van der Waals surface area contributed by atoms with Crippen LogP contribution in [0.25, 0.3) is 0 Å². The van der Waals surface area contributed by atoms with Crippen molar-refractivity contribution in [2.45, 2.75) is 31.7 Å². The van der Waals surface area contributed by atoms with Crippen LogP contribution in [0.15, 0.2) is 78.0 Å². The topological polar surface area (TPSA) is 106 Å². The zero-order chi connectivity index (χ0) is 24.6. The third-order valence-electron chi connectivity index (χ3n) is 5.08. The number of benzene rings is 2. The zero-order valence-corrected chi connectivity index (χ0v) is 19.9. The van der Waals surface area contributed by atoms with Crippen LogP contribution in [0.5, 0.6) is 0 Å². The van der Waals surface area contributed by atoms with Crippen molar-refractivity contribution < 1.29 is 22.7 Å². The van der Waals surface area contributed by atoms with Crippen molar-refractivity contribution >= 4 is 27.6 Å². The second-order valence-electron chi connectivity index (χ2n) is 7.59. The summed E-state index contributed by atoms with van der Waals surface area (Å²) in [6.07, 6.45) is 3.34. The Morgan fingerprint density at radius 2 is 1.76 bits per heavy atom. The Labute approximate surface area is 199 Å². The third kappa shape index (κ3) is 6.64. The van der Waals surface area contributed by atoms with Crippen LogP contribution >= 0.6 is 0 Å². The van der Waals surface area contributed by atoms with Crippen LogP contribution in [0.3, 0.4) is 0 Å². The number of anilines is 1. The minimum absolute atomic E-state index is 0.0395. The number of rotatable bonds is 10. The Morgan fingerprint density at radius 3 is 2.41 bits per heavy atom. The molecule has 0 aliphatic rings. The van der Waals surface area contributed by atoms with Gasteiger partial charge in [0.2, 0.25) is 0 Å². The van der Waals surface area contributed by atoms with E-state index in [0.29, 0.717) is 11.3 Å². The average Bonchev–Trinajstić information content (AvgIpc) is 2.83. The van der Waals surface area contributed by atoms with Crippen LogP contribution in [0.1, 0.15) is 34.8 Å². The Morgan fingerprint density at radius 1 is 1.03 bits per heavy atom. The molecule has 8 nitrogen and oxygen atoms in total. The second-order valence-corrected chi connectivity index (χ2v) is 9.27. The van der Waals surface area contributed by atoms with E-state index in [-0.39, 0.29) is 36.9 Å². The fraction of sp³-hybridized carbons (Fsp3) is 0.240. The lowest BCUT2D eigenvalue weighted by molar-refractivity contribution is -0.143. The van der Waals surface area contributed by atoms with Gasteiger partial charge in [-0.1, -0.05) is 24.3 Å². The molecule has 0 saturated carbocycles. The molecule has 0 aliphatic carbocycles. The predicted molar refractivity (Wildman–Crippen MR) is 129 cm³/mol. The number of carbonyl (C=O) groups is 2. The molecule has 1 aromatic heterocycles. The zero-order valence-electron chi connectivity index (χ0n) is 19.1. The van der Waals surface area contributed by atoms with E-state index in [1.54, 1.807) is 37.5 Å². The first kappa shape index (κ1) is 24.9. The minimum atomic E-state index is -3.82. The average molecular weight is 482 g/mol. The van der Waals surface area contributed by atoms with Gasteiger partial charge in [0.1, 0.15) is 0 Å². The highest BCUT2D eigenvalue weighted by Gasteiger charge is 2.20. The standard InChI is InChI=1S/C25H27N3O5S/c1-3-33-24(29)14-16-28(18-20-8-6-15-26-17-20)25(30)21-10-12-22(13-11-21)34(31,32)27-23-9-5-4-7-19(23)2/h4-13,15,17,27H,3,14,16,18H2,1-2H3. The van der Waals surface area contributed by atoms with E-state index in [2.05, 4.69) is 9.71 Å². The highest BCUT2D eigenvalue weighted by atomic mass is 32.2. The first-order chi connectivity index (χ1) is 16.3. The van der Waals surface area contributed by atoms with E-state index in [0.717, 1.165) is 11.1 Å². The van der Waals surface area contributed by atoms with Crippen molar-refractivity contribution in [3.63, 3.8) is 0 Å². The number of hydrogen-bond acceptors (Lipinski definition) is 6. The molecule has 0 radical (unpaired) electrons. The summed E-state index contributed by atoms with van der Waals surface area (Å²) in [5.41, 5.74) is 2.40. The molecule has 1 N–H and O–H groups in total. The number of pyridine rings is 1. The highest BCUT2D eigenvalue weighted by Crippen LogP contribution is 2.20. The van der Waals surface area contributed by atoms with Gasteiger partial charge in [-0.05, 0) is 61.4 Å². The molecular formula is C25H27N3O5S. The van der Waals surface area contributed by atoms with Crippen LogP contribution in [0.2, 0.25) is 0 Å². The first-order valence-electron chi connectivity index (χ1n) is 10.8. The van der Waals surface area contributed by atoms with E-state index in [1.807, 2.05) is 25.1 Å².